The molecular weight excluding hydrogens is 549 g/mol. The molecule has 0 atom stereocenters. The molecular formula is C31H43F3N4O2S. The Morgan fingerprint density at radius 3 is 2.27 bits per heavy atom. The van der Waals surface area contributed by atoms with Crippen molar-refractivity contribution >= 4 is 35.8 Å². The lowest BCUT2D eigenvalue weighted by Crippen LogP contribution is -2.33. The zero-order valence-electron chi connectivity index (χ0n) is 25.2. The number of rotatable bonds is 10. The van der Waals surface area contributed by atoms with Gasteiger partial charge in [0, 0.05) is 35.9 Å². The van der Waals surface area contributed by atoms with Crippen molar-refractivity contribution < 1.29 is 22.7 Å². The zero-order valence-corrected chi connectivity index (χ0v) is 26.1. The van der Waals surface area contributed by atoms with Crippen molar-refractivity contribution in [3.05, 3.63) is 83.2 Å². The van der Waals surface area contributed by atoms with Crippen LogP contribution in [-0.2, 0) is 11.0 Å². The van der Waals surface area contributed by atoms with E-state index >= 15 is 0 Å². The van der Waals surface area contributed by atoms with Gasteiger partial charge >= 0.3 is 6.18 Å². The quantitative estimate of drug-likeness (QED) is 0.166. The molecule has 6 nitrogen and oxygen atoms in total. The van der Waals surface area contributed by atoms with Crippen molar-refractivity contribution in [2.75, 3.05) is 23.9 Å². The van der Waals surface area contributed by atoms with Gasteiger partial charge in [-0.25, -0.2) is 0 Å². The molecule has 0 spiro atoms. The van der Waals surface area contributed by atoms with E-state index in [1.807, 2.05) is 58.9 Å². The summed E-state index contributed by atoms with van der Waals surface area (Å²) >= 11 is 3.03. The second-order valence-corrected chi connectivity index (χ2v) is 10.7. The third-order valence-electron chi connectivity index (χ3n) is 5.95. The highest BCUT2D eigenvalue weighted by Gasteiger charge is 2.32. The summed E-state index contributed by atoms with van der Waals surface area (Å²) in [6.45, 7) is 17.8. The highest BCUT2D eigenvalue weighted by Crippen LogP contribution is 2.39. The van der Waals surface area contributed by atoms with E-state index in [1.165, 1.54) is 7.11 Å². The number of methoxy groups -OCH3 is 1. The molecule has 41 heavy (non-hydrogen) atoms. The van der Waals surface area contributed by atoms with Crippen LogP contribution in [0.5, 0.6) is 5.75 Å². The van der Waals surface area contributed by atoms with E-state index in [4.69, 9.17) is 4.74 Å². The number of benzene rings is 2. The molecule has 0 saturated carbocycles. The normalized spacial score (nSPS) is 12.2. The van der Waals surface area contributed by atoms with Crippen molar-refractivity contribution in [1.82, 2.24) is 5.32 Å². The van der Waals surface area contributed by atoms with Crippen LogP contribution < -0.4 is 25.4 Å². The molecule has 10 heteroatoms. The van der Waals surface area contributed by atoms with E-state index in [9.17, 15) is 18.0 Å². The fraction of sp³-hybridized carbons (Fsp3) is 0.387. The Hall–Kier alpha value is -3.37. The molecule has 0 saturated heterocycles. The number of ether oxygens (including phenoxy) is 1. The molecule has 1 amide bonds. The zero-order chi connectivity index (χ0) is 31.5. The molecule has 226 valence electrons. The molecule has 0 heterocycles. The van der Waals surface area contributed by atoms with Gasteiger partial charge in [0.1, 0.15) is 5.75 Å². The SMILES string of the molecule is C=CN(/C=C(\C)C(=O)NCC(C)(C)C)c1cc(C(=CCC)Nc2cc(C(F)(F)F)cc(C)c2OC)ccc1C.NS. The minimum absolute atomic E-state index is 0.0468. The van der Waals surface area contributed by atoms with Gasteiger partial charge in [0.15, 0.2) is 0 Å². The number of amides is 1. The molecule has 0 fully saturated rings. The highest BCUT2D eigenvalue weighted by molar-refractivity contribution is 7.77. The number of hydrogen-bond donors (Lipinski definition) is 4. The number of carbonyl (C=O) groups is 1. The average molecular weight is 593 g/mol. The van der Waals surface area contributed by atoms with Gasteiger partial charge in [-0.05, 0) is 67.5 Å². The van der Waals surface area contributed by atoms with Crippen molar-refractivity contribution in [1.29, 1.82) is 0 Å². The van der Waals surface area contributed by atoms with Crippen LogP contribution in [0, 0.1) is 19.3 Å². The van der Waals surface area contributed by atoms with Gasteiger partial charge in [-0.1, -0.05) is 52.5 Å². The van der Waals surface area contributed by atoms with Crippen LogP contribution in [0.15, 0.2) is 61.0 Å². The van der Waals surface area contributed by atoms with Gasteiger partial charge in [0.05, 0.1) is 18.4 Å². The Morgan fingerprint density at radius 1 is 1.12 bits per heavy atom. The number of carbonyl (C=O) groups excluding carboxylic acids is 1. The summed E-state index contributed by atoms with van der Waals surface area (Å²) in [4.78, 5) is 14.4. The second kappa shape index (κ2) is 15.6. The molecule has 2 aromatic rings. The van der Waals surface area contributed by atoms with E-state index in [0.29, 0.717) is 35.5 Å². The molecule has 4 N–H and O–H groups in total. The fourth-order valence-corrected chi connectivity index (χ4v) is 3.92. The lowest BCUT2D eigenvalue weighted by atomic mass is 9.97. The topological polar surface area (TPSA) is 79.6 Å². The first-order valence-electron chi connectivity index (χ1n) is 13.1. The standard InChI is InChI=1S/C31H40F3N3O2.H3NS/c1-10-12-25(36-26-17-24(31(32,33)34)15-21(4)28(26)39-9)23-14-13-20(3)27(16-23)37(11-2)18-22(5)29(38)35-19-30(6,7)8;1-2/h11-18,36H,2,10,19H2,1,3-9H3,(H,35,38);2H,1H2/b22-18+,25-12?;. The van der Waals surface area contributed by atoms with Crippen molar-refractivity contribution in [3.8, 4) is 5.75 Å². The summed E-state index contributed by atoms with van der Waals surface area (Å²) in [5.41, 5.74) is 3.39. The summed E-state index contributed by atoms with van der Waals surface area (Å²) in [5.74, 6) is 0.163. The van der Waals surface area contributed by atoms with Crippen molar-refractivity contribution in [2.24, 2.45) is 10.6 Å². The van der Waals surface area contributed by atoms with Crippen molar-refractivity contribution in [3.63, 3.8) is 0 Å². The number of nitrogens with one attached hydrogen (secondary N) is 2. The van der Waals surface area contributed by atoms with Crippen LogP contribution in [0.25, 0.3) is 5.70 Å². The average Bonchev–Trinajstić information content (AvgIpc) is 2.90. The van der Waals surface area contributed by atoms with Gasteiger partial charge in [-0.15, -0.1) is 12.8 Å². The first-order valence-corrected chi connectivity index (χ1v) is 13.6. The number of hydrogen-bond acceptors (Lipinski definition) is 6. The second-order valence-electron chi connectivity index (χ2n) is 10.7. The molecule has 0 radical (unpaired) electrons. The van der Waals surface area contributed by atoms with Crippen LogP contribution in [0.3, 0.4) is 0 Å². The van der Waals surface area contributed by atoms with E-state index < -0.39 is 11.7 Å². The maximum Gasteiger partial charge on any atom is 0.416 e. The molecule has 0 aliphatic rings. The molecule has 0 aliphatic carbocycles. The third kappa shape index (κ3) is 10.5. The molecule has 2 aromatic carbocycles. The molecule has 2 rings (SSSR count). The van der Waals surface area contributed by atoms with E-state index in [0.717, 1.165) is 28.9 Å². The molecule has 0 unspecified atom stereocenters. The number of alkyl halides is 3. The van der Waals surface area contributed by atoms with Crippen LogP contribution >= 0.6 is 12.8 Å². The monoisotopic (exact) mass is 592 g/mol. The van der Waals surface area contributed by atoms with Gasteiger partial charge in [0.25, 0.3) is 0 Å². The fourth-order valence-electron chi connectivity index (χ4n) is 3.92. The Bertz CT molecular complexity index is 1270. The lowest BCUT2D eigenvalue weighted by molar-refractivity contribution is -0.137. The third-order valence-corrected chi connectivity index (χ3v) is 5.95. The maximum atomic E-state index is 13.6. The largest absolute Gasteiger partial charge is 0.494 e. The number of thiol groups is 1. The Kier molecular flexibility index (Phi) is 13.6. The summed E-state index contributed by atoms with van der Waals surface area (Å²) in [6, 6.07) is 7.86. The van der Waals surface area contributed by atoms with Crippen LogP contribution in [0.1, 0.15) is 63.3 Å². The maximum absolute atomic E-state index is 13.6. The van der Waals surface area contributed by atoms with Gasteiger partial charge in [-0.3, -0.25) is 9.93 Å². The van der Waals surface area contributed by atoms with Crippen LogP contribution in [0.4, 0.5) is 24.5 Å². The minimum Gasteiger partial charge on any atom is -0.494 e. The van der Waals surface area contributed by atoms with E-state index in [1.54, 1.807) is 31.1 Å². The van der Waals surface area contributed by atoms with E-state index in [-0.39, 0.29) is 17.0 Å². The summed E-state index contributed by atoms with van der Waals surface area (Å²) in [5, 5.41) is 10.3. The Labute approximate surface area is 248 Å². The van der Waals surface area contributed by atoms with Crippen molar-refractivity contribution in [2.45, 2.75) is 61.1 Å². The Balaban J connectivity index is 0.00000411. The smallest absolute Gasteiger partial charge is 0.416 e. The Morgan fingerprint density at radius 2 is 1.76 bits per heavy atom. The van der Waals surface area contributed by atoms with Crippen LogP contribution in [-0.4, -0.2) is 19.6 Å². The molecule has 0 aliphatic heterocycles. The number of nitrogens with zero attached hydrogens (tertiary/aromatic N) is 1. The van der Waals surface area contributed by atoms with Crippen LogP contribution in [0.2, 0.25) is 0 Å². The lowest BCUT2D eigenvalue weighted by Gasteiger charge is -2.23. The number of halogens is 3. The predicted octanol–water partition coefficient (Wildman–Crippen LogP) is 8.00. The van der Waals surface area contributed by atoms with Gasteiger partial charge < -0.3 is 20.3 Å². The van der Waals surface area contributed by atoms with Gasteiger partial charge in [-0.2, -0.15) is 13.2 Å². The predicted molar refractivity (Wildman–Crippen MR) is 168 cm³/mol. The first-order chi connectivity index (χ1) is 19.1. The minimum atomic E-state index is -4.49. The summed E-state index contributed by atoms with van der Waals surface area (Å²) in [7, 11) is 1.43. The summed E-state index contributed by atoms with van der Waals surface area (Å²) < 4.78 is 46.1. The first kappa shape index (κ1) is 35.7. The highest BCUT2D eigenvalue weighted by atomic mass is 32.1. The molecule has 0 aromatic heterocycles. The number of allylic oxidation sites excluding steroid dienone is 1. The summed E-state index contributed by atoms with van der Waals surface area (Å²) in [6.07, 6.45) is 1.38. The molecule has 0 bridgehead atoms. The van der Waals surface area contributed by atoms with E-state index in [2.05, 4.69) is 35.2 Å². The number of anilines is 2. The number of aryl methyl sites for hydroxylation is 2. The van der Waals surface area contributed by atoms with Gasteiger partial charge in [0.2, 0.25) is 5.91 Å². The number of nitrogens with two attached hydrogens (primary N) is 1.